The molecule has 45 heavy (non-hydrogen) atoms. The molecule has 6 rings (SSSR count). The maximum absolute atomic E-state index is 11.7. The number of phenolic OH excluding ortho intramolecular Hbond substituents is 3. The minimum absolute atomic E-state index is 0.187. The summed E-state index contributed by atoms with van der Waals surface area (Å²) < 4.78 is 0. The van der Waals surface area contributed by atoms with Crippen LogP contribution in [0.15, 0.2) is 121 Å². The molecule has 2 unspecified atom stereocenters. The van der Waals surface area contributed by atoms with Gasteiger partial charge in [-0.25, -0.2) is 0 Å². The van der Waals surface area contributed by atoms with Gasteiger partial charge < -0.3 is 15.3 Å². The zero-order chi connectivity index (χ0) is 31.7. The molecule has 0 saturated carbocycles. The van der Waals surface area contributed by atoms with Crippen LogP contribution in [0.5, 0.6) is 17.2 Å². The fraction of sp³-hybridized carbons (Fsp3) is 0.100. The summed E-state index contributed by atoms with van der Waals surface area (Å²) in [6, 6.07) is 40.5. The lowest BCUT2D eigenvalue weighted by molar-refractivity contribution is 0.454. The Labute approximate surface area is 271 Å². The zero-order valence-corrected chi connectivity index (χ0v) is 27.3. The van der Waals surface area contributed by atoms with E-state index in [-0.39, 0.29) is 17.2 Å². The fourth-order valence-corrected chi connectivity index (χ4v) is 6.82. The molecule has 0 saturated heterocycles. The second-order valence-electron chi connectivity index (χ2n) is 11.6. The molecule has 6 aromatic carbocycles. The lowest BCUT2D eigenvalue weighted by Gasteiger charge is -2.25. The average molecular weight is 627 g/mol. The molecule has 0 aliphatic rings. The molecule has 6 aromatic rings. The largest absolute Gasteiger partial charge is 0.508 e. The molecule has 5 heteroatoms. The lowest BCUT2D eigenvalue weighted by atomic mass is 9.80. The van der Waals surface area contributed by atoms with Gasteiger partial charge in [0.05, 0.1) is 0 Å². The number of rotatable bonds is 7. The highest BCUT2D eigenvalue weighted by molar-refractivity contribution is 8.40. The van der Waals surface area contributed by atoms with Crippen molar-refractivity contribution in [2.24, 2.45) is 0 Å². The first-order valence-corrected chi connectivity index (χ1v) is 17.2. The predicted octanol–water partition coefficient (Wildman–Crippen LogP) is 10.1. The fourth-order valence-electron chi connectivity index (χ4n) is 6.02. The van der Waals surface area contributed by atoms with Crippen molar-refractivity contribution in [2.75, 3.05) is 0 Å². The van der Waals surface area contributed by atoms with Gasteiger partial charge in [-0.3, -0.25) is 0 Å². The minimum atomic E-state index is -0.472. The van der Waals surface area contributed by atoms with E-state index < -0.39 is 5.92 Å². The Bertz CT molecular complexity index is 2000. The molecule has 3 nitrogen and oxygen atoms in total. The molecule has 3 N–H and O–H groups in total. The monoisotopic (exact) mass is 626 g/mol. The van der Waals surface area contributed by atoms with Gasteiger partial charge in [0.1, 0.15) is 17.2 Å². The van der Waals surface area contributed by atoms with Crippen LogP contribution in [0.3, 0.4) is 0 Å². The van der Waals surface area contributed by atoms with Gasteiger partial charge in [0.25, 0.3) is 0 Å². The van der Waals surface area contributed by atoms with Crippen molar-refractivity contribution >= 4 is 25.3 Å². The number of thiol groups is 1. The SMILES string of the molecule is Cc1cc(-c2cc(C)c(O)c(C(c3ccc(-c4ccccc4)cc3)c3cc(-c4cccc(PS)c4)cc(C)c3O)c2)ccc1O. The molecule has 0 radical (unpaired) electrons. The van der Waals surface area contributed by atoms with Crippen LogP contribution in [0, 0.1) is 20.8 Å². The van der Waals surface area contributed by atoms with Gasteiger partial charge in [0, 0.05) is 17.0 Å². The van der Waals surface area contributed by atoms with Gasteiger partial charge in [0.2, 0.25) is 0 Å². The van der Waals surface area contributed by atoms with E-state index in [4.69, 9.17) is 0 Å². The first kappa shape index (κ1) is 30.5. The Morgan fingerprint density at radius 3 is 1.58 bits per heavy atom. The van der Waals surface area contributed by atoms with E-state index in [1.165, 1.54) is 0 Å². The third-order valence-electron chi connectivity index (χ3n) is 8.49. The molecule has 2 atom stereocenters. The summed E-state index contributed by atoms with van der Waals surface area (Å²) in [4.78, 5) is 0. The number of hydrogen-bond acceptors (Lipinski definition) is 4. The van der Waals surface area contributed by atoms with E-state index in [2.05, 4.69) is 66.8 Å². The predicted molar refractivity (Wildman–Crippen MR) is 193 cm³/mol. The third kappa shape index (κ3) is 6.22. The van der Waals surface area contributed by atoms with Crippen molar-refractivity contribution in [3.63, 3.8) is 0 Å². The molecule has 0 aromatic heterocycles. The van der Waals surface area contributed by atoms with Crippen LogP contribution in [0.4, 0.5) is 0 Å². The summed E-state index contributed by atoms with van der Waals surface area (Å²) in [6.07, 6.45) is 0. The molecule has 0 fully saturated rings. The second kappa shape index (κ2) is 12.9. The summed E-state index contributed by atoms with van der Waals surface area (Å²) in [5.74, 6) is 0.156. The van der Waals surface area contributed by atoms with Crippen molar-refractivity contribution in [3.8, 4) is 50.6 Å². The molecule has 0 aliphatic carbocycles. The van der Waals surface area contributed by atoms with E-state index in [0.29, 0.717) is 18.9 Å². The Morgan fingerprint density at radius 1 is 0.489 bits per heavy atom. The molecule has 0 amide bonds. The lowest BCUT2D eigenvalue weighted by Crippen LogP contribution is -2.07. The number of aryl methyl sites for hydroxylation is 3. The Hall–Kier alpha value is -4.50. The number of phenols is 3. The van der Waals surface area contributed by atoms with Gasteiger partial charge in [-0.05, 0) is 132 Å². The van der Waals surface area contributed by atoms with Crippen molar-refractivity contribution in [1.29, 1.82) is 0 Å². The molecule has 0 spiro atoms. The molecular formula is C40H35O3PS. The van der Waals surface area contributed by atoms with Crippen molar-refractivity contribution in [1.82, 2.24) is 0 Å². The summed E-state index contributed by atoms with van der Waals surface area (Å²) in [5.41, 5.74) is 10.7. The van der Waals surface area contributed by atoms with Gasteiger partial charge in [0.15, 0.2) is 0 Å². The molecule has 0 bridgehead atoms. The van der Waals surface area contributed by atoms with Gasteiger partial charge >= 0.3 is 0 Å². The molecule has 224 valence electrons. The van der Waals surface area contributed by atoms with Crippen LogP contribution in [0.1, 0.15) is 39.3 Å². The maximum Gasteiger partial charge on any atom is 0.122 e. The van der Waals surface area contributed by atoms with Gasteiger partial charge in [-0.2, -0.15) is 0 Å². The van der Waals surface area contributed by atoms with E-state index >= 15 is 0 Å². The van der Waals surface area contributed by atoms with Crippen molar-refractivity contribution < 1.29 is 15.3 Å². The first-order chi connectivity index (χ1) is 21.7. The average Bonchev–Trinajstić information content (AvgIpc) is 3.06. The Kier molecular flexibility index (Phi) is 8.72. The quantitative estimate of drug-likeness (QED) is 0.0810. The number of benzene rings is 6. The molecule has 0 heterocycles. The van der Waals surface area contributed by atoms with Gasteiger partial charge in [-0.15, -0.1) is 12.2 Å². The van der Waals surface area contributed by atoms with Crippen molar-refractivity contribution in [3.05, 3.63) is 155 Å². The number of hydrogen-bond donors (Lipinski definition) is 4. The van der Waals surface area contributed by atoms with E-state index in [0.717, 1.165) is 60.9 Å². The van der Waals surface area contributed by atoms with E-state index in [1.54, 1.807) is 6.07 Å². The van der Waals surface area contributed by atoms with Crippen LogP contribution in [-0.2, 0) is 0 Å². The maximum atomic E-state index is 11.7. The molecular weight excluding hydrogens is 591 g/mol. The van der Waals surface area contributed by atoms with Crippen LogP contribution < -0.4 is 5.30 Å². The highest BCUT2D eigenvalue weighted by Gasteiger charge is 2.26. The van der Waals surface area contributed by atoms with E-state index in [9.17, 15) is 15.3 Å². The Morgan fingerprint density at radius 2 is 1.00 bits per heavy atom. The number of aromatic hydroxyl groups is 3. The normalized spacial score (nSPS) is 12.1. The summed E-state index contributed by atoms with van der Waals surface area (Å²) in [7, 11) is 0.376. The zero-order valence-electron chi connectivity index (χ0n) is 25.4. The third-order valence-corrected chi connectivity index (χ3v) is 9.83. The topological polar surface area (TPSA) is 60.7 Å². The minimum Gasteiger partial charge on any atom is -0.508 e. The Balaban J connectivity index is 1.58. The van der Waals surface area contributed by atoms with Crippen LogP contribution in [0.2, 0.25) is 0 Å². The highest BCUT2D eigenvalue weighted by atomic mass is 32.7. The van der Waals surface area contributed by atoms with Gasteiger partial charge in [-0.1, -0.05) is 78.9 Å². The summed E-state index contributed by atoms with van der Waals surface area (Å²) >= 11 is 4.51. The molecule has 0 aliphatic heterocycles. The van der Waals surface area contributed by atoms with Crippen LogP contribution in [0.25, 0.3) is 33.4 Å². The standard InChI is InChI=1S/C40H35O3PS/c1-24-18-31(16-17-37(24)41)33-20-26(3)40(43)36(23-33)38(29-14-12-28(13-15-29)27-8-5-4-6-9-27)35-22-32(19-25(2)39(35)42)30-10-7-11-34(21-30)44-45/h4-23,38,41-45H,1-3H3. The second-order valence-corrected chi connectivity index (χ2v) is 13.0. The van der Waals surface area contributed by atoms with E-state index in [1.807, 2.05) is 81.4 Å². The van der Waals surface area contributed by atoms with Crippen molar-refractivity contribution in [2.45, 2.75) is 26.7 Å². The summed E-state index contributed by atoms with van der Waals surface area (Å²) in [5, 5.41) is 34.7. The van der Waals surface area contributed by atoms with Crippen LogP contribution >= 0.6 is 20.0 Å². The highest BCUT2D eigenvalue weighted by Crippen LogP contribution is 2.46. The van der Waals surface area contributed by atoms with Crippen LogP contribution in [-0.4, -0.2) is 15.3 Å². The first-order valence-electron chi connectivity index (χ1n) is 14.9. The smallest absolute Gasteiger partial charge is 0.122 e. The summed E-state index contributed by atoms with van der Waals surface area (Å²) in [6.45, 7) is 5.69.